The predicted molar refractivity (Wildman–Crippen MR) is 41.6 cm³/mol. The highest BCUT2D eigenvalue weighted by molar-refractivity contribution is 6.21. The molecule has 0 spiro atoms. The van der Waals surface area contributed by atoms with Gasteiger partial charge >= 0.3 is 12.2 Å². The molecule has 0 unspecified atom stereocenters. The third-order valence-electron chi connectivity index (χ3n) is 1.54. The fourth-order valence-electron chi connectivity index (χ4n) is 0.848. The smallest absolute Gasteiger partial charge is 0.412 e. The third-order valence-corrected chi connectivity index (χ3v) is 1.54. The molecule has 0 aliphatic carbocycles. The van der Waals surface area contributed by atoms with Gasteiger partial charge in [0.25, 0.3) is 0 Å². The molecule has 0 atom stereocenters. The van der Waals surface area contributed by atoms with Crippen LogP contribution in [-0.4, -0.2) is 17.0 Å². The van der Waals surface area contributed by atoms with Crippen LogP contribution in [0.2, 0.25) is 0 Å². The van der Waals surface area contributed by atoms with E-state index in [4.69, 9.17) is 5.53 Å². The van der Waals surface area contributed by atoms with E-state index < -0.39 is 40.8 Å². The second kappa shape index (κ2) is 4.71. The van der Waals surface area contributed by atoms with Crippen LogP contribution in [0.15, 0.2) is 0 Å². The van der Waals surface area contributed by atoms with E-state index >= 15 is 0 Å². The number of carbonyl (C=O) groups excluding carboxylic acids is 1. The van der Waals surface area contributed by atoms with Crippen LogP contribution < -0.4 is 4.74 Å². The van der Waals surface area contributed by atoms with Crippen molar-refractivity contribution in [2.24, 2.45) is 0 Å². The second-order valence-corrected chi connectivity index (χ2v) is 2.56. The van der Waals surface area contributed by atoms with E-state index in [1.54, 1.807) is 0 Å². The molecule has 0 fully saturated rings. The van der Waals surface area contributed by atoms with Gasteiger partial charge in [-0.2, -0.15) is 13.6 Å². The summed E-state index contributed by atoms with van der Waals surface area (Å²) in [6, 6.07) is 0. The SMILES string of the molecule is [N-]=[N+]=CC(=O)Oc1c(F)c(F)c(F)c(F)c1F. The van der Waals surface area contributed by atoms with Crippen molar-refractivity contribution in [1.82, 2.24) is 0 Å². The molecular weight excluding hydrogens is 251 g/mol. The Labute approximate surface area is 89.8 Å². The van der Waals surface area contributed by atoms with E-state index in [0.29, 0.717) is 0 Å². The average molecular weight is 252 g/mol. The molecule has 0 radical (unpaired) electrons. The maximum atomic E-state index is 12.9. The Morgan fingerprint density at radius 1 is 1.00 bits per heavy atom. The van der Waals surface area contributed by atoms with Crippen molar-refractivity contribution in [1.29, 1.82) is 0 Å². The van der Waals surface area contributed by atoms with Crippen molar-refractivity contribution in [3.63, 3.8) is 0 Å². The van der Waals surface area contributed by atoms with Crippen LogP contribution in [0.3, 0.4) is 0 Å². The molecule has 0 heterocycles. The normalized spacial score (nSPS) is 9.71. The summed E-state index contributed by atoms with van der Waals surface area (Å²) in [5, 5.41) is 0. The molecule has 0 bridgehead atoms. The largest absolute Gasteiger partial charge is 0.419 e. The lowest BCUT2D eigenvalue weighted by Gasteiger charge is -2.05. The highest BCUT2D eigenvalue weighted by Gasteiger charge is 2.28. The Bertz CT molecular complexity index is 510. The number of ether oxygens (including phenoxy) is 1. The summed E-state index contributed by atoms with van der Waals surface area (Å²) in [4.78, 5) is 12.8. The monoisotopic (exact) mass is 252 g/mol. The molecule has 0 N–H and O–H groups in total. The summed E-state index contributed by atoms with van der Waals surface area (Å²) in [7, 11) is 0. The van der Waals surface area contributed by atoms with Gasteiger partial charge in [-0.3, -0.25) is 0 Å². The average Bonchev–Trinajstić information content (AvgIpc) is 2.30. The Morgan fingerprint density at radius 2 is 1.41 bits per heavy atom. The first-order valence-electron chi connectivity index (χ1n) is 3.80. The molecule has 17 heavy (non-hydrogen) atoms. The summed E-state index contributed by atoms with van der Waals surface area (Å²) >= 11 is 0. The fraction of sp³-hybridized carbons (Fsp3) is 0. The molecule has 0 aliphatic rings. The number of carbonyl (C=O) groups is 1. The first-order chi connectivity index (χ1) is 7.90. The van der Waals surface area contributed by atoms with E-state index in [1.807, 2.05) is 0 Å². The van der Waals surface area contributed by atoms with Crippen LogP contribution in [0.25, 0.3) is 5.53 Å². The van der Waals surface area contributed by atoms with Gasteiger partial charge in [0.05, 0.1) is 0 Å². The standard InChI is InChI=1S/C8HF5N2O2/c9-3-4(10)6(12)8(7(13)5(3)11)17-2(16)1-15-14/h1H. The van der Waals surface area contributed by atoms with Crippen LogP contribution in [0.5, 0.6) is 5.75 Å². The number of rotatable bonds is 2. The van der Waals surface area contributed by atoms with Crippen LogP contribution in [0, 0.1) is 29.1 Å². The number of hydrogen-bond acceptors (Lipinski definition) is 2. The molecule has 1 aromatic rings. The van der Waals surface area contributed by atoms with Crippen molar-refractivity contribution in [2.75, 3.05) is 0 Å². The Morgan fingerprint density at radius 3 is 1.82 bits per heavy atom. The molecule has 0 aliphatic heterocycles. The van der Waals surface area contributed by atoms with Crippen molar-refractivity contribution in [2.45, 2.75) is 0 Å². The summed E-state index contributed by atoms with van der Waals surface area (Å²) in [6.45, 7) is 0. The maximum Gasteiger partial charge on any atom is 0.419 e. The highest BCUT2D eigenvalue weighted by Crippen LogP contribution is 2.28. The van der Waals surface area contributed by atoms with Gasteiger partial charge in [-0.05, 0) is 0 Å². The Balaban J connectivity index is 3.34. The first kappa shape index (κ1) is 12.8. The van der Waals surface area contributed by atoms with Crippen LogP contribution >= 0.6 is 0 Å². The van der Waals surface area contributed by atoms with Gasteiger partial charge in [-0.15, -0.1) is 0 Å². The topological polar surface area (TPSA) is 62.7 Å². The minimum absolute atomic E-state index is 0.0675. The van der Waals surface area contributed by atoms with Gasteiger partial charge in [-0.1, -0.05) is 0 Å². The summed E-state index contributed by atoms with van der Waals surface area (Å²) in [5.74, 6) is -14.9. The highest BCUT2D eigenvalue weighted by atomic mass is 19.2. The lowest BCUT2D eigenvalue weighted by Crippen LogP contribution is -2.14. The summed E-state index contributed by atoms with van der Waals surface area (Å²) < 4.78 is 67.3. The quantitative estimate of drug-likeness (QED) is 0.117. The molecule has 4 nitrogen and oxygen atoms in total. The van der Waals surface area contributed by atoms with Gasteiger partial charge in [0.2, 0.25) is 34.8 Å². The maximum absolute atomic E-state index is 12.9. The molecule has 1 rings (SSSR count). The van der Waals surface area contributed by atoms with Crippen molar-refractivity contribution in [3.05, 3.63) is 34.6 Å². The van der Waals surface area contributed by atoms with Crippen molar-refractivity contribution >= 4 is 12.2 Å². The van der Waals surface area contributed by atoms with Crippen LogP contribution in [-0.2, 0) is 4.79 Å². The predicted octanol–water partition coefficient (Wildman–Crippen LogP) is 1.59. The minimum atomic E-state index is -2.38. The summed E-state index contributed by atoms with van der Waals surface area (Å²) in [5.41, 5.74) is 7.88. The molecule has 0 aromatic heterocycles. The molecular formula is C8HF5N2O2. The number of benzene rings is 1. The lowest BCUT2D eigenvalue weighted by molar-refractivity contribution is -0.130. The summed E-state index contributed by atoms with van der Waals surface area (Å²) in [6.07, 6.45) is 0.0675. The van der Waals surface area contributed by atoms with Gasteiger partial charge in [-0.25, -0.2) is 18.0 Å². The third kappa shape index (κ3) is 2.28. The molecule has 1 aromatic carbocycles. The first-order valence-corrected chi connectivity index (χ1v) is 3.80. The minimum Gasteiger partial charge on any atom is -0.412 e. The van der Waals surface area contributed by atoms with Crippen molar-refractivity contribution in [3.8, 4) is 5.75 Å². The number of halogens is 5. The van der Waals surface area contributed by atoms with Gasteiger partial charge in [0.15, 0.2) is 0 Å². The van der Waals surface area contributed by atoms with Crippen LogP contribution in [0.1, 0.15) is 0 Å². The number of nitrogens with zero attached hydrogens (tertiary/aromatic N) is 2. The Kier molecular flexibility index (Phi) is 3.54. The van der Waals surface area contributed by atoms with E-state index in [9.17, 15) is 26.7 Å². The van der Waals surface area contributed by atoms with Crippen molar-refractivity contribution < 1.29 is 36.3 Å². The van der Waals surface area contributed by atoms with Crippen LogP contribution in [0.4, 0.5) is 22.0 Å². The Hall–Kier alpha value is -2.28. The number of esters is 1. The molecule has 90 valence electrons. The van der Waals surface area contributed by atoms with Gasteiger partial charge < -0.3 is 10.3 Å². The van der Waals surface area contributed by atoms with E-state index in [1.165, 1.54) is 0 Å². The zero-order valence-electron chi connectivity index (χ0n) is 7.68. The molecule has 0 saturated carbocycles. The second-order valence-electron chi connectivity index (χ2n) is 2.56. The lowest BCUT2D eigenvalue weighted by atomic mass is 10.2. The van der Waals surface area contributed by atoms with E-state index in [-0.39, 0.29) is 6.21 Å². The number of hydrogen-bond donors (Lipinski definition) is 0. The zero-order chi connectivity index (χ0) is 13.2. The zero-order valence-corrected chi connectivity index (χ0v) is 7.68. The van der Waals surface area contributed by atoms with E-state index in [2.05, 4.69) is 9.53 Å². The van der Waals surface area contributed by atoms with E-state index in [0.717, 1.165) is 0 Å². The molecule has 0 amide bonds. The molecule has 0 saturated heterocycles. The van der Waals surface area contributed by atoms with Gasteiger partial charge in [0, 0.05) is 0 Å². The fourth-order valence-corrected chi connectivity index (χ4v) is 0.848. The van der Waals surface area contributed by atoms with Gasteiger partial charge in [0.1, 0.15) is 0 Å². The molecule has 9 heteroatoms.